The van der Waals surface area contributed by atoms with Crippen LogP contribution in [0.25, 0.3) is 0 Å². The van der Waals surface area contributed by atoms with E-state index in [1.165, 1.54) is 289 Å². The predicted octanol–water partition coefficient (Wildman–Crippen LogP) is 19.5. The number of hydrogen-bond donors (Lipinski definition) is 3. The summed E-state index contributed by atoms with van der Waals surface area (Å²) in [5.41, 5.74) is 0. The summed E-state index contributed by atoms with van der Waals surface area (Å²) in [6, 6.07) is -0.540. The van der Waals surface area contributed by atoms with E-state index in [1.54, 1.807) is 0 Å². The van der Waals surface area contributed by atoms with E-state index in [-0.39, 0.29) is 18.5 Å². The molecule has 0 fully saturated rings. The van der Waals surface area contributed by atoms with Crippen molar-refractivity contribution in [2.75, 3.05) is 13.2 Å². The molecule has 0 aromatic rings. The van der Waals surface area contributed by atoms with Gasteiger partial charge >= 0.3 is 5.97 Å². The highest BCUT2D eigenvalue weighted by atomic mass is 16.5. The fourth-order valence-corrected chi connectivity index (χ4v) is 10.1. The summed E-state index contributed by atoms with van der Waals surface area (Å²) in [6.07, 6.45) is 68.3. The first-order valence-corrected chi connectivity index (χ1v) is 31.3. The number of amides is 1. The fourth-order valence-electron chi connectivity index (χ4n) is 10.1. The van der Waals surface area contributed by atoms with Crippen molar-refractivity contribution in [3.8, 4) is 0 Å². The van der Waals surface area contributed by atoms with Gasteiger partial charge in [0.1, 0.15) is 0 Å². The van der Waals surface area contributed by atoms with Crippen LogP contribution < -0.4 is 5.32 Å². The third kappa shape index (κ3) is 54.2. The normalized spacial score (nSPS) is 12.5. The van der Waals surface area contributed by atoms with E-state index < -0.39 is 12.1 Å². The number of carbonyl (C=O) groups is 2. The second-order valence-corrected chi connectivity index (χ2v) is 21.8. The summed E-state index contributed by atoms with van der Waals surface area (Å²) in [5.74, 6) is -0.0168. The maximum Gasteiger partial charge on any atom is 0.305 e. The largest absolute Gasteiger partial charge is 0.466 e. The van der Waals surface area contributed by atoms with E-state index in [1.807, 2.05) is 0 Å². The molecule has 2 unspecified atom stereocenters. The summed E-state index contributed by atoms with van der Waals surface area (Å²) in [5, 5.41) is 23.2. The molecule has 2 atom stereocenters. The zero-order valence-corrected chi connectivity index (χ0v) is 46.4. The van der Waals surface area contributed by atoms with Crippen molar-refractivity contribution < 1.29 is 24.5 Å². The quantitative estimate of drug-likeness (QED) is 0.0417. The lowest BCUT2D eigenvalue weighted by Gasteiger charge is -2.22. The van der Waals surface area contributed by atoms with Crippen LogP contribution in [0.2, 0.25) is 0 Å². The number of ether oxygens (including phenoxy) is 1. The van der Waals surface area contributed by atoms with Crippen molar-refractivity contribution in [3.05, 3.63) is 0 Å². The van der Waals surface area contributed by atoms with Crippen molar-refractivity contribution in [1.82, 2.24) is 5.32 Å². The highest BCUT2D eigenvalue weighted by Crippen LogP contribution is 2.19. The minimum atomic E-state index is -0.662. The van der Waals surface area contributed by atoms with Crippen LogP contribution in [0.3, 0.4) is 0 Å². The summed E-state index contributed by atoms with van der Waals surface area (Å²) in [7, 11) is 0. The number of nitrogens with one attached hydrogen (secondary N) is 1. The maximum atomic E-state index is 12.5. The third-order valence-electron chi connectivity index (χ3n) is 14.9. The molecule has 6 heteroatoms. The second kappa shape index (κ2) is 58.4. The van der Waals surface area contributed by atoms with Crippen LogP contribution in [0.15, 0.2) is 0 Å². The highest BCUT2D eigenvalue weighted by molar-refractivity contribution is 5.76. The van der Waals surface area contributed by atoms with Crippen LogP contribution in [-0.4, -0.2) is 47.4 Å². The highest BCUT2D eigenvalue weighted by Gasteiger charge is 2.20. The Morgan fingerprint density at radius 1 is 0.353 bits per heavy atom. The lowest BCUT2D eigenvalue weighted by molar-refractivity contribution is -0.143. The monoisotopic (exact) mass is 962 g/mol. The SMILES string of the molecule is CCCCCCCCCCCCCCCCCCCCC(=O)OCCCCCCCCCCCCCCCCCCCCCCCC(=O)NC(CO)C(O)CCCCCCCCCCCCCC. The van der Waals surface area contributed by atoms with Crippen LogP contribution in [0.4, 0.5) is 0 Å². The number of carbonyl (C=O) groups excluding carboxylic acids is 2. The van der Waals surface area contributed by atoms with Gasteiger partial charge in [0.2, 0.25) is 5.91 Å². The molecule has 6 nitrogen and oxygen atoms in total. The van der Waals surface area contributed by atoms with E-state index in [0.717, 1.165) is 38.5 Å². The first-order valence-electron chi connectivity index (χ1n) is 31.3. The number of unbranched alkanes of at least 4 members (excludes halogenated alkanes) is 48. The molecule has 1 amide bonds. The molecular weight excluding hydrogens is 839 g/mol. The standard InChI is InChI=1S/C62H123NO5/c1-3-5-7-9-11-13-15-17-18-19-26-29-32-36-40-44-48-52-56-62(67)68-57-53-49-45-41-37-33-30-27-24-22-20-21-23-25-28-31-35-39-43-47-51-55-61(66)63-59(58-64)60(65)54-50-46-42-38-34-16-14-12-10-8-6-4-2/h59-60,64-65H,3-58H2,1-2H3,(H,63,66). The second-order valence-electron chi connectivity index (χ2n) is 21.8. The Morgan fingerprint density at radius 3 is 0.897 bits per heavy atom. The Labute approximate surface area is 426 Å². The molecule has 0 radical (unpaired) electrons. The van der Waals surface area contributed by atoms with Gasteiger partial charge in [-0.15, -0.1) is 0 Å². The molecule has 68 heavy (non-hydrogen) atoms. The zero-order chi connectivity index (χ0) is 49.3. The fraction of sp³-hybridized carbons (Fsp3) is 0.968. The molecule has 0 rings (SSSR count). The van der Waals surface area contributed by atoms with Gasteiger partial charge in [0.05, 0.1) is 25.4 Å². The molecule has 0 aliphatic heterocycles. The van der Waals surface area contributed by atoms with Gasteiger partial charge in [-0.3, -0.25) is 9.59 Å². The van der Waals surface area contributed by atoms with E-state index in [9.17, 15) is 19.8 Å². The molecular formula is C62H123NO5. The lowest BCUT2D eigenvalue weighted by Crippen LogP contribution is -2.45. The minimum Gasteiger partial charge on any atom is -0.466 e. The summed E-state index contributed by atoms with van der Waals surface area (Å²) < 4.78 is 5.50. The summed E-state index contributed by atoms with van der Waals surface area (Å²) >= 11 is 0. The number of aliphatic hydroxyl groups excluding tert-OH is 2. The van der Waals surface area contributed by atoms with Gasteiger partial charge in [-0.25, -0.2) is 0 Å². The number of aliphatic hydroxyl groups is 2. The van der Waals surface area contributed by atoms with Crippen LogP contribution in [0, 0.1) is 0 Å². The van der Waals surface area contributed by atoms with E-state index >= 15 is 0 Å². The van der Waals surface area contributed by atoms with Gasteiger partial charge in [0.25, 0.3) is 0 Å². The van der Waals surface area contributed by atoms with Crippen LogP contribution >= 0.6 is 0 Å². The smallest absolute Gasteiger partial charge is 0.305 e. The molecule has 0 aromatic heterocycles. The maximum absolute atomic E-state index is 12.5. The Morgan fingerprint density at radius 2 is 0.603 bits per heavy atom. The van der Waals surface area contributed by atoms with Crippen LogP contribution in [-0.2, 0) is 14.3 Å². The van der Waals surface area contributed by atoms with Crippen molar-refractivity contribution >= 4 is 11.9 Å². The molecule has 0 aromatic carbocycles. The predicted molar refractivity (Wildman–Crippen MR) is 297 cm³/mol. The molecule has 0 saturated carbocycles. The van der Waals surface area contributed by atoms with Gasteiger partial charge in [0.15, 0.2) is 0 Å². The van der Waals surface area contributed by atoms with E-state index in [2.05, 4.69) is 19.2 Å². The molecule has 0 bridgehead atoms. The Bertz CT molecular complexity index is 975. The minimum absolute atomic E-state index is 0.0174. The van der Waals surface area contributed by atoms with Gasteiger partial charge in [-0.05, 0) is 25.7 Å². The molecule has 0 spiro atoms. The zero-order valence-electron chi connectivity index (χ0n) is 46.4. The molecule has 0 aliphatic carbocycles. The average Bonchev–Trinajstić information content (AvgIpc) is 3.34. The summed E-state index contributed by atoms with van der Waals surface area (Å²) in [4.78, 5) is 24.5. The lowest BCUT2D eigenvalue weighted by atomic mass is 10.0. The Hall–Kier alpha value is -1.14. The van der Waals surface area contributed by atoms with Crippen molar-refractivity contribution in [1.29, 1.82) is 0 Å². The Balaban J connectivity index is 3.33. The molecule has 406 valence electrons. The Kier molecular flexibility index (Phi) is 57.5. The molecule has 0 heterocycles. The number of esters is 1. The van der Waals surface area contributed by atoms with Crippen molar-refractivity contribution in [2.45, 2.75) is 373 Å². The molecule has 0 saturated heterocycles. The van der Waals surface area contributed by atoms with Gasteiger partial charge in [-0.2, -0.15) is 0 Å². The van der Waals surface area contributed by atoms with Gasteiger partial charge in [0, 0.05) is 12.8 Å². The molecule has 0 aliphatic rings. The van der Waals surface area contributed by atoms with Crippen LogP contribution in [0.5, 0.6) is 0 Å². The first-order chi connectivity index (χ1) is 33.5. The average molecular weight is 963 g/mol. The summed E-state index contributed by atoms with van der Waals surface area (Å²) in [6.45, 7) is 4.98. The van der Waals surface area contributed by atoms with Gasteiger partial charge in [-0.1, -0.05) is 322 Å². The van der Waals surface area contributed by atoms with E-state index in [0.29, 0.717) is 25.9 Å². The first kappa shape index (κ1) is 66.9. The molecule has 3 N–H and O–H groups in total. The van der Waals surface area contributed by atoms with Crippen LogP contribution in [0.1, 0.15) is 361 Å². The van der Waals surface area contributed by atoms with Gasteiger partial charge < -0.3 is 20.3 Å². The van der Waals surface area contributed by atoms with Crippen molar-refractivity contribution in [2.24, 2.45) is 0 Å². The number of hydrogen-bond acceptors (Lipinski definition) is 5. The van der Waals surface area contributed by atoms with Crippen molar-refractivity contribution in [3.63, 3.8) is 0 Å². The topological polar surface area (TPSA) is 95.9 Å². The number of rotatable bonds is 59. The van der Waals surface area contributed by atoms with E-state index in [4.69, 9.17) is 4.74 Å². The third-order valence-corrected chi connectivity index (χ3v) is 14.9.